The summed E-state index contributed by atoms with van der Waals surface area (Å²) >= 11 is 0. The minimum absolute atomic E-state index is 0. The summed E-state index contributed by atoms with van der Waals surface area (Å²) in [5, 5.41) is 0. The molecule has 0 spiro atoms. The van der Waals surface area contributed by atoms with Gasteiger partial charge in [0.05, 0.1) is 0 Å². The second-order valence-electron chi connectivity index (χ2n) is 0. The Morgan fingerprint density at radius 3 is 0.750 bits per heavy atom. The predicted molar refractivity (Wildman–Crippen MR) is 9.94 cm³/mol. The van der Waals surface area contributed by atoms with Gasteiger partial charge in [0.1, 0.15) is 0 Å². The zero-order valence-electron chi connectivity index (χ0n) is 1.39. The molecule has 0 amide bonds. The Balaban J connectivity index is 0. The largest absolute Gasteiger partial charge is 0.187 e. The third kappa shape index (κ3) is 8.83. The summed E-state index contributed by atoms with van der Waals surface area (Å²) in [5.41, 5.74) is 0. The Morgan fingerprint density at radius 2 is 0.750 bits per heavy atom. The second-order valence-corrected chi connectivity index (χ2v) is 0. The zero-order chi connectivity index (χ0) is 0. The molecule has 0 rings (SSSR count). The van der Waals surface area contributed by atoms with Crippen molar-refractivity contribution in [3.05, 3.63) is 0 Å². The summed E-state index contributed by atoms with van der Waals surface area (Å²) in [6.07, 6.45) is 0. The molecule has 0 aliphatic heterocycles. The zero-order valence-corrected chi connectivity index (χ0v) is 5.75. The van der Waals surface area contributed by atoms with E-state index in [0.29, 0.717) is 0 Å². The van der Waals surface area contributed by atoms with Crippen LogP contribution in [0.1, 0.15) is 0 Å². The minimum Gasteiger partial charge on any atom is 0 e. The first kappa shape index (κ1) is 32.2. The summed E-state index contributed by atoms with van der Waals surface area (Å²) in [5.74, 6) is 0. The maximum absolute atomic E-state index is 0. The fourth-order valence-corrected chi connectivity index (χ4v) is 0. The molecule has 4 heavy (non-hydrogen) atoms. The smallest absolute Gasteiger partial charge is 0 e. The van der Waals surface area contributed by atoms with Gasteiger partial charge < -0.3 is 0 Å². The van der Waals surface area contributed by atoms with Crippen LogP contribution in [0.5, 0.6) is 0 Å². The third-order valence-corrected chi connectivity index (χ3v) is 0. The Bertz CT molecular complexity index is 6.00. The van der Waals surface area contributed by atoms with Crippen LogP contribution in [0.2, 0.25) is 0 Å². The van der Waals surface area contributed by atoms with Gasteiger partial charge in [0.15, 0.2) is 17.4 Å². The molecule has 20 valence electrons. The summed E-state index contributed by atoms with van der Waals surface area (Å²) in [6.45, 7) is 0. The van der Waals surface area contributed by atoms with Crippen LogP contribution in [0.3, 0.4) is 0 Å². The van der Waals surface area contributed by atoms with Gasteiger partial charge >= 0.3 is 0 Å². The minimum atomic E-state index is 0. The van der Waals surface area contributed by atoms with E-state index in [-0.39, 0.29) is 76.2 Å². The molecule has 0 unspecified atom stereocenters. The maximum Gasteiger partial charge on any atom is 0.187 e. The summed E-state index contributed by atoms with van der Waals surface area (Å²) in [7, 11) is 0. The summed E-state index contributed by atoms with van der Waals surface area (Å²) < 4.78 is 0. The normalized spacial score (nSPS) is 0. The van der Waals surface area contributed by atoms with Gasteiger partial charge in [0.25, 0.3) is 0 Å². The molecular weight excluding hydrogens is 177 g/mol. The van der Waals surface area contributed by atoms with Crippen LogP contribution in [0.15, 0.2) is 0 Å². The van der Waals surface area contributed by atoms with E-state index in [1.165, 1.54) is 0 Å². The standard InChI is InChI=1S/Al.Ti.2V.3H. The van der Waals surface area contributed by atoms with Gasteiger partial charge in [-0.25, -0.2) is 0 Å². The number of hydrogen-bond acceptors (Lipinski definition) is 0. The van der Waals surface area contributed by atoms with Crippen molar-refractivity contribution in [1.29, 1.82) is 0 Å². The molecule has 0 aromatic rings. The van der Waals surface area contributed by atoms with Gasteiger partial charge in [0.2, 0.25) is 0 Å². The molecule has 0 fully saturated rings. The van der Waals surface area contributed by atoms with Crippen LogP contribution in [-0.4, -0.2) is 17.4 Å². The average molecular weight is 180 g/mol. The van der Waals surface area contributed by atoms with E-state index in [1.807, 2.05) is 0 Å². The molecule has 0 bridgehead atoms. The molecule has 0 aliphatic carbocycles. The van der Waals surface area contributed by atoms with E-state index >= 15 is 0 Å². The molecule has 2 radical (unpaired) electrons. The Labute approximate surface area is 75.3 Å². The van der Waals surface area contributed by atoms with Crippen LogP contribution in [-0.2, 0) is 58.8 Å². The van der Waals surface area contributed by atoms with Crippen molar-refractivity contribution in [2.45, 2.75) is 0 Å². The van der Waals surface area contributed by atoms with Crippen LogP contribution >= 0.6 is 0 Å². The van der Waals surface area contributed by atoms with Crippen LogP contribution in [0.25, 0.3) is 0 Å². The monoisotopic (exact) mass is 180 g/mol. The first-order chi connectivity index (χ1) is 0. The SMILES string of the molecule is [AlH3].[Ti].[V].[V]. The van der Waals surface area contributed by atoms with Crippen LogP contribution in [0.4, 0.5) is 0 Å². The Hall–Kier alpha value is 2.42. The molecule has 0 heterocycles. The quantitative estimate of drug-likeness (QED) is 0.411. The molecule has 0 N–H and O–H groups in total. The van der Waals surface area contributed by atoms with Gasteiger partial charge in [-0.15, -0.1) is 0 Å². The fraction of sp³-hybridized carbons (Fsp3) is 0. The van der Waals surface area contributed by atoms with Gasteiger partial charge in [-0.05, 0) is 0 Å². The first-order valence-electron chi connectivity index (χ1n) is 0. The van der Waals surface area contributed by atoms with E-state index in [4.69, 9.17) is 0 Å². The van der Waals surface area contributed by atoms with Crippen molar-refractivity contribution in [3.63, 3.8) is 0 Å². The van der Waals surface area contributed by atoms with Gasteiger partial charge in [0, 0.05) is 58.8 Å². The van der Waals surface area contributed by atoms with Gasteiger partial charge in [-0.3, -0.25) is 0 Å². The van der Waals surface area contributed by atoms with Gasteiger partial charge in [-0.2, -0.15) is 0 Å². The maximum atomic E-state index is 0. The number of rotatable bonds is 0. The molecular formula is H3AlTiV2. The Morgan fingerprint density at radius 1 is 0.750 bits per heavy atom. The van der Waals surface area contributed by atoms with E-state index in [0.717, 1.165) is 0 Å². The van der Waals surface area contributed by atoms with Crippen molar-refractivity contribution in [3.8, 4) is 0 Å². The molecule has 0 aliphatic rings. The van der Waals surface area contributed by atoms with Crippen molar-refractivity contribution in [1.82, 2.24) is 0 Å². The van der Waals surface area contributed by atoms with E-state index in [1.54, 1.807) is 0 Å². The second kappa shape index (κ2) is 18.1. The molecule has 0 saturated carbocycles. The fourth-order valence-electron chi connectivity index (χ4n) is 0. The number of hydrogen-bond donors (Lipinski definition) is 0. The molecule has 0 atom stereocenters. The van der Waals surface area contributed by atoms with Crippen molar-refractivity contribution in [2.24, 2.45) is 0 Å². The first-order valence-corrected chi connectivity index (χ1v) is 0. The van der Waals surface area contributed by atoms with Crippen molar-refractivity contribution in [2.75, 3.05) is 0 Å². The molecule has 0 aromatic carbocycles. The predicted octanol–water partition coefficient (Wildman–Crippen LogP) is -1.19. The molecule has 4 heteroatoms. The average Bonchev–Trinajstić information content (AvgIpc) is 0. The topological polar surface area (TPSA) is 0 Å². The molecule has 0 saturated heterocycles. The third-order valence-electron chi connectivity index (χ3n) is 0. The van der Waals surface area contributed by atoms with Crippen LogP contribution < -0.4 is 0 Å². The summed E-state index contributed by atoms with van der Waals surface area (Å²) in [4.78, 5) is 0. The van der Waals surface area contributed by atoms with Crippen molar-refractivity contribution >= 4 is 17.4 Å². The Kier molecular flexibility index (Phi) is 146. The van der Waals surface area contributed by atoms with E-state index in [2.05, 4.69) is 0 Å². The van der Waals surface area contributed by atoms with Gasteiger partial charge in [-0.1, -0.05) is 0 Å². The molecule has 0 aromatic heterocycles. The van der Waals surface area contributed by atoms with E-state index < -0.39 is 0 Å². The van der Waals surface area contributed by atoms with E-state index in [9.17, 15) is 0 Å². The van der Waals surface area contributed by atoms with Crippen molar-refractivity contribution < 1.29 is 58.8 Å². The summed E-state index contributed by atoms with van der Waals surface area (Å²) in [6, 6.07) is 0. The van der Waals surface area contributed by atoms with Crippen LogP contribution in [0, 0.1) is 0 Å². The molecule has 0 nitrogen and oxygen atoms in total.